The molecule has 3 N–H and O–H groups in total. The number of nitrogens with one attached hydrogen (secondary N) is 3. The summed E-state index contributed by atoms with van der Waals surface area (Å²) in [5.74, 6) is 0.474. The van der Waals surface area contributed by atoms with Crippen molar-refractivity contribution in [1.29, 1.82) is 0 Å². The molecule has 1 aromatic carbocycles. The Balaban J connectivity index is 1.88. The Morgan fingerprint density at radius 2 is 1.88 bits per heavy atom. The second-order valence-electron chi connectivity index (χ2n) is 5.56. The number of hydrogen-bond donors (Lipinski definition) is 3. The van der Waals surface area contributed by atoms with Crippen LogP contribution in [-0.4, -0.2) is 29.9 Å². The molecule has 0 spiro atoms. The maximum Gasteiger partial charge on any atom is 0.251 e. The van der Waals surface area contributed by atoms with Gasteiger partial charge in [-0.05, 0) is 43.2 Å². The van der Waals surface area contributed by atoms with Gasteiger partial charge in [0.2, 0.25) is 5.91 Å². The highest BCUT2D eigenvalue weighted by Crippen LogP contribution is 2.16. The lowest BCUT2D eigenvalue weighted by Gasteiger charge is -2.11. The molecule has 2 aromatic rings. The van der Waals surface area contributed by atoms with Crippen molar-refractivity contribution in [2.45, 2.75) is 20.8 Å². The summed E-state index contributed by atoms with van der Waals surface area (Å²) in [6.45, 7) is 6.35. The van der Waals surface area contributed by atoms with E-state index >= 15 is 0 Å². The number of aromatic nitrogens is 1. The maximum absolute atomic E-state index is 12.2. The first-order valence-electron chi connectivity index (χ1n) is 7.79. The lowest BCUT2D eigenvalue weighted by Crippen LogP contribution is -2.29. The molecular formula is C18H22N4O2. The SMILES string of the molecule is CC(=O)Nc1cc(C(=O)NCCNc2ncccc2C)ccc1C. The fourth-order valence-electron chi connectivity index (χ4n) is 2.22. The third kappa shape index (κ3) is 4.81. The van der Waals surface area contributed by atoms with Gasteiger partial charge in [-0.2, -0.15) is 0 Å². The quantitative estimate of drug-likeness (QED) is 0.712. The molecule has 0 aliphatic carbocycles. The highest BCUT2D eigenvalue weighted by atomic mass is 16.2. The van der Waals surface area contributed by atoms with Gasteiger partial charge in [-0.3, -0.25) is 9.59 Å². The molecule has 0 unspecified atom stereocenters. The molecule has 0 fully saturated rings. The average molecular weight is 326 g/mol. The van der Waals surface area contributed by atoms with Gasteiger partial charge in [0.1, 0.15) is 5.82 Å². The zero-order chi connectivity index (χ0) is 17.5. The van der Waals surface area contributed by atoms with Crippen molar-refractivity contribution in [3.05, 3.63) is 53.2 Å². The molecule has 2 rings (SSSR count). The van der Waals surface area contributed by atoms with Crippen LogP contribution in [0.5, 0.6) is 0 Å². The van der Waals surface area contributed by atoms with Crippen LogP contribution in [0.25, 0.3) is 0 Å². The lowest BCUT2D eigenvalue weighted by molar-refractivity contribution is -0.114. The van der Waals surface area contributed by atoms with Gasteiger partial charge in [-0.15, -0.1) is 0 Å². The Morgan fingerprint density at radius 1 is 1.08 bits per heavy atom. The summed E-state index contributed by atoms with van der Waals surface area (Å²) >= 11 is 0. The molecule has 0 aliphatic rings. The fourth-order valence-corrected chi connectivity index (χ4v) is 2.22. The van der Waals surface area contributed by atoms with Crippen molar-refractivity contribution < 1.29 is 9.59 Å². The highest BCUT2D eigenvalue weighted by Gasteiger charge is 2.08. The minimum Gasteiger partial charge on any atom is -0.368 e. The van der Waals surface area contributed by atoms with Gasteiger partial charge >= 0.3 is 0 Å². The number of nitrogens with zero attached hydrogens (tertiary/aromatic N) is 1. The normalized spacial score (nSPS) is 10.1. The number of rotatable bonds is 6. The van der Waals surface area contributed by atoms with E-state index in [0.29, 0.717) is 24.3 Å². The van der Waals surface area contributed by atoms with Crippen LogP contribution in [-0.2, 0) is 4.79 Å². The highest BCUT2D eigenvalue weighted by molar-refractivity contribution is 5.97. The zero-order valence-corrected chi connectivity index (χ0v) is 14.1. The summed E-state index contributed by atoms with van der Waals surface area (Å²) in [6.07, 6.45) is 1.73. The van der Waals surface area contributed by atoms with E-state index in [9.17, 15) is 9.59 Å². The second kappa shape index (κ2) is 8.10. The molecular weight excluding hydrogens is 304 g/mol. The molecule has 6 heteroatoms. The third-order valence-electron chi connectivity index (χ3n) is 3.52. The van der Waals surface area contributed by atoms with Crippen LogP contribution in [0, 0.1) is 13.8 Å². The van der Waals surface area contributed by atoms with Gasteiger partial charge in [0.05, 0.1) is 0 Å². The summed E-state index contributed by atoms with van der Waals surface area (Å²) in [7, 11) is 0. The third-order valence-corrected chi connectivity index (χ3v) is 3.52. The number of amides is 2. The molecule has 2 amide bonds. The van der Waals surface area contributed by atoms with Crippen LogP contribution >= 0.6 is 0 Å². The molecule has 0 saturated heterocycles. The number of carbonyl (C=O) groups excluding carboxylic acids is 2. The molecule has 0 atom stereocenters. The molecule has 1 aromatic heterocycles. The summed E-state index contributed by atoms with van der Waals surface area (Å²) in [4.78, 5) is 27.6. The number of aryl methyl sites for hydroxylation is 2. The fraction of sp³-hybridized carbons (Fsp3) is 0.278. The van der Waals surface area contributed by atoms with Gasteiger partial charge < -0.3 is 16.0 Å². The van der Waals surface area contributed by atoms with Crippen LogP contribution in [0.3, 0.4) is 0 Å². The number of hydrogen-bond acceptors (Lipinski definition) is 4. The van der Waals surface area contributed by atoms with Gasteiger partial charge in [0.25, 0.3) is 5.91 Å². The Bertz CT molecular complexity index is 744. The van der Waals surface area contributed by atoms with E-state index < -0.39 is 0 Å². The van der Waals surface area contributed by atoms with Crippen molar-refractivity contribution in [1.82, 2.24) is 10.3 Å². The lowest BCUT2D eigenvalue weighted by atomic mass is 10.1. The first-order chi connectivity index (χ1) is 11.5. The van der Waals surface area contributed by atoms with E-state index in [4.69, 9.17) is 0 Å². The zero-order valence-electron chi connectivity index (χ0n) is 14.1. The second-order valence-corrected chi connectivity index (χ2v) is 5.56. The summed E-state index contributed by atoms with van der Waals surface area (Å²) in [5.41, 5.74) is 3.13. The molecule has 0 radical (unpaired) electrons. The van der Waals surface area contributed by atoms with Crippen molar-refractivity contribution in [2.24, 2.45) is 0 Å². The Labute approximate surface area is 141 Å². The van der Waals surface area contributed by atoms with E-state index in [0.717, 1.165) is 16.9 Å². The molecule has 6 nitrogen and oxygen atoms in total. The van der Waals surface area contributed by atoms with Crippen molar-refractivity contribution in [3.63, 3.8) is 0 Å². The van der Waals surface area contributed by atoms with Gasteiger partial charge in [-0.1, -0.05) is 12.1 Å². The van der Waals surface area contributed by atoms with Crippen LogP contribution in [0.2, 0.25) is 0 Å². The average Bonchev–Trinajstić information content (AvgIpc) is 2.54. The number of benzene rings is 1. The van der Waals surface area contributed by atoms with Crippen molar-refractivity contribution in [3.8, 4) is 0 Å². The predicted octanol–water partition coefficient (Wildman–Crippen LogP) is 2.50. The maximum atomic E-state index is 12.2. The van der Waals surface area contributed by atoms with Crippen LogP contribution < -0.4 is 16.0 Å². The van der Waals surface area contributed by atoms with Gasteiger partial charge in [-0.25, -0.2) is 4.98 Å². The van der Waals surface area contributed by atoms with Crippen molar-refractivity contribution >= 4 is 23.3 Å². The van der Waals surface area contributed by atoms with E-state index in [2.05, 4.69) is 20.9 Å². The number of carbonyl (C=O) groups is 2. The van der Waals surface area contributed by atoms with Crippen LogP contribution in [0.1, 0.15) is 28.4 Å². The molecule has 24 heavy (non-hydrogen) atoms. The largest absolute Gasteiger partial charge is 0.368 e. The van der Waals surface area contributed by atoms with Gasteiger partial charge in [0, 0.05) is 37.5 Å². The molecule has 0 saturated carbocycles. The standard InChI is InChI=1S/C18H22N4O2/c1-12-6-7-15(11-16(12)22-14(3)23)18(24)21-10-9-20-17-13(2)5-4-8-19-17/h4-8,11H,9-10H2,1-3H3,(H,19,20)(H,21,24)(H,22,23). The molecule has 0 bridgehead atoms. The van der Waals surface area contributed by atoms with E-state index in [1.807, 2.05) is 32.0 Å². The van der Waals surface area contributed by atoms with Crippen molar-refractivity contribution in [2.75, 3.05) is 23.7 Å². The summed E-state index contributed by atoms with van der Waals surface area (Å²) in [6, 6.07) is 9.10. The molecule has 126 valence electrons. The minimum atomic E-state index is -0.179. The first kappa shape index (κ1) is 17.5. The molecule has 0 aliphatic heterocycles. The topological polar surface area (TPSA) is 83.1 Å². The Hall–Kier alpha value is -2.89. The monoisotopic (exact) mass is 326 g/mol. The van der Waals surface area contributed by atoms with E-state index in [1.165, 1.54) is 6.92 Å². The number of pyridine rings is 1. The van der Waals surface area contributed by atoms with E-state index in [1.54, 1.807) is 18.3 Å². The Kier molecular flexibility index (Phi) is 5.89. The summed E-state index contributed by atoms with van der Waals surface area (Å²) in [5, 5.41) is 8.75. The smallest absolute Gasteiger partial charge is 0.251 e. The summed E-state index contributed by atoms with van der Waals surface area (Å²) < 4.78 is 0. The Morgan fingerprint density at radius 3 is 2.58 bits per heavy atom. The predicted molar refractivity (Wildman–Crippen MR) is 95.3 cm³/mol. The van der Waals surface area contributed by atoms with Gasteiger partial charge in [0.15, 0.2) is 0 Å². The van der Waals surface area contributed by atoms with Crippen LogP contribution in [0.15, 0.2) is 36.5 Å². The van der Waals surface area contributed by atoms with E-state index in [-0.39, 0.29) is 11.8 Å². The first-order valence-corrected chi connectivity index (χ1v) is 7.79. The number of anilines is 2. The van der Waals surface area contributed by atoms with Crippen LogP contribution in [0.4, 0.5) is 11.5 Å². The minimum absolute atomic E-state index is 0.161. The molecule has 1 heterocycles.